The van der Waals surface area contributed by atoms with Gasteiger partial charge in [0, 0.05) is 18.8 Å². The third-order valence-electron chi connectivity index (χ3n) is 5.71. The monoisotopic (exact) mass is 559 g/mol. The van der Waals surface area contributed by atoms with Gasteiger partial charge in [0.15, 0.2) is 5.96 Å². The van der Waals surface area contributed by atoms with E-state index in [9.17, 15) is 27.9 Å². The lowest BCUT2D eigenvalue weighted by molar-refractivity contribution is -0.138. The first-order valence-corrected chi connectivity index (χ1v) is 13.7. The van der Waals surface area contributed by atoms with E-state index in [-0.39, 0.29) is 36.2 Å². The molecule has 0 unspecified atom stereocenters. The minimum Gasteiger partial charge on any atom is -0.506 e. The van der Waals surface area contributed by atoms with Crippen LogP contribution in [0.2, 0.25) is 5.02 Å². The number of anilines is 1. The zero-order valence-electron chi connectivity index (χ0n) is 20.7. The zero-order valence-corrected chi connectivity index (χ0v) is 22.3. The Balaban J connectivity index is 2.10. The largest absolute Gasteiger partial charge is 0.506 e. The number of nitrogens with two attached hydrogens (primary N) is 2. The predicted octanol–water partition coefficient (Wildman–Crippen LogP) is -0.159. The van der Waals surface area contributed by atoms with E-state index in [4.69, 9.17) is 23.1 Å². The lowest BCUT2D eigenvalue weighted by Gasteiger charge is -2.26. The summed E-state index contributed by atoms with van der Waals surface area (Å²) in [6, 6.07) is 2.29. The Hall–Kier alpha value is -3.10. The molecule has 1 aliphatic rings. The van der Waals surface area contributed by atoms with Crippen LogP contribution < -0.4 is 26.8 Å². The number of nitrogens with zero attached hydrogens (tertiary/aromatic N) is 2. The number of rotatable bonds is 12. The molecule has 0 spiro atoms. The van der Waals surface area contributed by atoms with Gasteiger partial charge in [-0.25, -0.2) is 13.1 Å². The van der Waals surface area contributed by atoms with E-state index < -0.39 is 51.6 Å². The fourth-order valence-corrected chi connectivity index (χ4v) is 4.46. The zero-order chi connectivity index (χ0) is 27.8. The molecular formula is C22H34ClN7O6S. The number of guanidine groups is 1. The van der Waals surface area contributed by atoms with E-state index in [2.05, 4.69) is 20.3 Å². The maximum absolute atomic E-state index is 13.1. The number of phenolic OH excluding ortho intramolecular Hbond substituents is 1. The number of benzene rings is 1. The number of amides is 3. The van der Waals surface area contributed by atoms with Gasteiger partial charge in [0.05, 0.1) is 16.8 Å². The van der Waals surface area contributed by atoms with Crippen molar-refractivity contribution in [3.05, 3.63) is 23.2 Å². The predicted molar refractivity (Wildman–Crippen MR) is 140 cm³/mol. The number of hydrogen-bond donors (Lipinski definition) is 6. The van der Waals surface area contributed by atoms with Gasteiger partial charge in [0.2, 0.25) is 27.7 Å². The van der Waals surface area contributed by atoms with Crippen LogP contribution in [0.15, 0.2) is 23.2 Å². The fourth-order valence-electron chi connectivity index (χ4n) is 3.62. The number of halogens is 1. The van der Waals surface area contributed by atoms with Crippen LogP contribution >= 0.6 is 11.6 Å². The van der Waals surface area contributed by atoms with Crippen molar-refractivity contribution < 1.29 is 27.9 Å². The van der Waals surface area contributed by atoms with E-state index in [1.165, 1.54) is 36.9 Å². The van der Waals surface area contributed by atoms with Crippen molar-refractivity contribution in [2.24, 2.45) is 16.5 Å². The Morgan fingerprint density at radius 1 is 1.27 bits per heavy atom. The smallest absolute Gasteiger partial charge is 0.246 e. The maximum Gasteiger partial charge on any atom is 0.246 e. The van der Waals surface area contributed by atoms with E-state index in [1.807, 2.05) is 0 Å². The molecule has 1 aromatic rings. The molecule has 0 bridgehead atoms. The minimum atomic E-state index is -3.65. The van der Waals surface area contributed by atoms with Gasteiger partial charge in [-0.2, -0.15) is 0 Å². The Bertz CT molecular complexity index is 1120. The lowest BCUT2D eigenvalue weighted by Crippen LogP contribution is -2.53. The molecule has 0 aromatic heterocycles. The van der Waals surface area contributed by atoms with Crippen molar-refractivity contribution >= 4 is 51.0 Å². The van der Waals surface area contributed by atoms with Crippen molar-refractivity contribution in [2.45, 2.75) is 56.9 Å². The summed E-state index contributed by atoms with van der Waals surface area (Å²) in [7, 11) is -3.65. The normalized spacial score (nSPS) is 16.3. The van der Waals surface area contributed by atoms with Crippen LogP contribution in [-0.2, 0) is 24.4 Å². The van der Waals surface area contributed by atoms with Gasteiger partial charge in [-0.1, -0.05) is 11.6 Å². The Morgan fingerprint density at radius 2 is 1.97 bits per heavy atom. The number of phenols is 1. The molecule has 13 nitrogen and oxygen atoms in total. The second kappa shape index (κ2) is 13.4. The molecule has 37 heavy (non-hydrogen) atoms. The van der Waals surface area contributed by atoms with E-state index in [0.717, 1.165) is 0 Å². The van der Waals surface area contributed by atoms with Crippen molar-refractivity contribution in [1.82, 2.24) is 14.9 Å². The molecule has 0 radical (unpaired) electrons. The van der Waals surface area contributed by atoms with Crippen molar-refractivity contribution in [1.29, 1.82) is 0 Å². The topological polar surface area (TPSA) is 209 Å². The molecule has 0 saturated carbocycles. The highest BCUT2D eigenvalue weighted by molar-refractivity contribution is 7.90. The number of aliphatic imine (C=N–C) groups is 1. The van der Waals surface area contributed by atoms with Crippen LogP contribution in [0.25, 0.3) is 0 Å². The fraction of sp³-hybridized carbons (Fsp3) is 0.545. The van der Waals surface area contributed by atoms with Crippen LogP contribution in [0.4, 0.5) is 5.69 Å². The second-order valence-corrected chi connectivity index (χ2v) is 11.6. The summed E-state index contributed by atoms with van der Waals surface area (Å²) >= 11 is 5.91. The van der Waals surface area contributed by atoms with Crippen molar-refractivity contribution in [3.8, 4) is 5.75 Å². The number of nitrogens with one attached hydrogen (secondary N) is 3. The minimum absolute atomic E-state index is 0.0411. The third-order valence-corrected chi connectivity index (χ3v) is 7.81. The molecule has 1 aromatic carbocycles. The Labute approximate surface area is 221 Å². The highest BCUT2D eigenvalue weighted by atomic mass is 35.5. The first kappa shape index (κ1) is 30.1. The molecule has 1 heterocycles. The number of aromatic hydroxyl groups is 1. The van der Waals surface area contributed by atoms with Crippen molar-refractivity contribution in [2.75, 3.05) is 25.0 Å². The number of carbonyl (C=O) groups excluding carboxylic acids is 3. The van der Waals surface area contributed by atoms with Crippen LogP contribution in [0, 0.1) is 0 Å². The van der Waals surface area contributed by atoms with Crippen LogP contribution in [-0.4, -0.2) is 79.1 Å². The van der Waals surface area contributed by atoms with Gasteiger partial charge in [0.25, 0.3) is 0 Å². The second-order valence-electron chi connectivity index (χ2n) is 8.83. The Kier molecular flexibility index (Phi) is 10.9. The average molecular weight is 560 g/mol. The van der Waals surface area contributed by atoms with E-state index >= 15 is 0 Å². The summed E-state index contributed by atoms with van der Waals surface area (Å²) in [6.07, 6.45) is 1.48. The summed E-state index contributed by atoms with van der Waals surface area (Å²) in [4.78, 5) is 44.0. The van der Waals surface area contributed by atoms with Gasteiger partial charge in [0.1, 0.15) is 17.8 Å². The molecule has 1 aliphatic heterocycles. The van der Waals surface area contributed by atoms with Gasteiger partial charge in [-0.3, -0.25) is 19.4 Å². The molecule has 2 rings (SSSR count). The van der Waals surface area contributed by atoms with Gasteiger partial charge >= 0.3 is 0 Å². The molecule has 15 heteroatoms. The Morgan fingerprint density at radius 3 is 2.59 bits per heavy atom. The number of hydrogen-bond acceptors (Lipinski definition) is 7. The molecule has 206 valence electrons. The van der Waals surface area contributed by atoms with Crippen LogP contribution in [0.1, 0.15) is 39.5 Å². The molecule has 0 aliphatic carbocycles. The number of likely N-dealkylation sites (tertiary alicyclic amines) is 1. The molecule has 1 fully saturated rings. The number of carbonyl (C=O) groups is 3. The van der Waals surface area contributed by atoms with E-state index in [1.54, 1.807) is 0 Å². The quantitative estimate of drug-likeness (QED) is 0.0874. The SMILES string of the molecule is CC(C)S(=O)(=O)NCC(=O)N1CCC[C@H]1C(=O)N[C@@H](CCCN=C(N)N)C(=O)Nc1ccc(O)c(Cl)c1. The first-order valence-electron chi connectivity index (χ1n) is 11.7. The summed E-state index contributed by atoms with van der Waals surface area (Å²) < 4.78 is 26.2. The van der Waals surface area contributed by atoms with Crippen LogP contribution in [0.5, 0.6) is 5.75 Å². The third kappa shape index (κ3) is 9.05. The summed E-state index contributed by atoms with van der Waals surface area (Å²) in [5, 5.41) is 14.3. The summed E-state index contributed by atoms with van der Waals surface area (Å²) in [6.45, 7) is 3.03. The highest BCUT2D eigenvalue weighted by Gasteiger charge is 2.36. The molecule has 2 atom stereocenters. The molecule has 8 N–H and O–H groups in total. The van der Waals surface area contributed by atoms with Crippen LogP contribution in [0.3, 0.4) is 0 Å². The molecule has 3 amide bonds. The van der Waals surface area contributed by atoms with Gasteiger partial charge in [-0.15, -0.1) is 0 Å². The first-order chi connectivity index (χ1) is 17.3. The summed E-state index contributed by atoms with van der Waals surface area (Å²) in [5.74, 6) is -1.86. The van der Waals surface area contributed by atoms with Crippen molar-refractivity contribution in [3.63, 3.8) is 0 Å². The highest BCUT2D eigenvalue weighted by Crippen LogP contribution is 2.26. The van der Waals surface area contributed by atoms with E-state index in [0.29, 0.717) is 24.9 Å². The van der Waals surface area contributed by atoms with Gasteiger partial charge < -0.3 is 32.1 Å². The van der Waals surface area contributed by atoms with Gasteiger partial charge in [-0.05, 0) is 57.7 Å². The maximum atomic E-state index is 13.1. The number of sulfonamides is 1. The molecule has 1 saturated heterocycles. The average Bonchev–Trinajstić information content (AvgIpc) is 3.31. The standard InChI is InChI=1S/C22H34ClN7O6S/c1-13(2)37(35,36)27-12-19(32)30-10-4-6-17(30)21(34)29-16(5-3-9-26-22(24)25)20(33)28-14-7-8-18(31)15(23)11-14/h7-8,11,13,16-17,27,31H,3-6,9-10,12H2,1-2H3,(H,28,33)(H,29,34)(H4,24,25,26)/t16-,17-/m0/s1. The summed E-state index contributed by atoms with van der Waals surface area (Å²) in [5.41, 5.74) is 11.0. The molecular weight excluding hydrogens is 526 g/mol. The lowest BCUT2D eigenvalue weighted by atomic mass is 10.1.